The lowest BCUT2D eigenvalue weighted by Crippen LogP contribution is -2.28. The largest absolute Gasteiger partial charge is 0.335 e. The van der Waals surface area contributed by atoms with E-state index in [1.807, 2.05) is 12.1 Å². The second kappa shape index (κ2) is 8.56. The van der Waals surface area contributed by atoms with Gasteiger partial charge in [-0.3, -0.25) is 24.8 Å². The van der Waals surface area contributed by atoms with E-state index in [9.17, 15) is 9.18 Å². The molecule has 1 saturated carbocycles. The number of thiophene rings is 1. The number of nitrogens with zero attached hydrogens (tertiary/aromatic N) is 5. The molecule has 1 aliphatic rings. The number of H-pyrrole nitrogens is 2. The van der Waals surface area contributed by atoms with Gasteiger partial charge in [-0.05, 0) is 37.1 Å². The number of anilines is 1. The zero-order valence-corrected chi connectivity index (χ0v) is 20.1. The second-order valence-corrected chi connectivity index (χ2v) is 10.1. The Labute approximate surface area is 213 Å². The van der Waals surface area contributed by atoms with Crippen molar-refractivity contribution in [2.24, 2.45) is 5.92 Å². The number of hydrogen-bond acceptors (Lipinski definition) is 7. The van der Waals surface area contributed by atoms with Gasteiger partial charge in [-0.25, -0.2) is 4.98 Å². The molecule has 0 saturated heterocycles. The van der Waals surface area contributed by atoms with Gasteiger partial charge in [0.15, 0.2) is 11.0 Å². The lowest BCUT2D eigenvalue weighted by molar-refractivity contribution is -0.122. The van der Waals surface area contributed by atoms with Crippen LogP contribution in [0.2, 0.25) is 0 Å². The van der Waals surface area contributed by atoms with E-state index in [4.69, 9.17) is 4.98 Å². The van der Waals surface area contributed by atoms with Gasteiger partial charge in [0, 0.05) is 39.7 Å². The van der Waals surface area contributed by atoms with Crippen molar-refractivity contribution in [1.29, 1.82) is 0 Å². The molecule has 6 aromatic heterocycles. The smallest absolute Gasteiger partial charge is 0.227 e. The molecule has 3 N–H and O–H groups in total. The van der Waals surface area contributed by atoms with Crippen molar-refractivity contribution < 1.29 is 9.18 Å². The summed E-state index contributed by atoms with van der Waals surface area (Å²) in [6, 6.07) is 6.95. The topological polar surface area (TPSA) is 125 Å². The van der Waals surface area contributed by atoms with E-state index in [1.165, 1.54) is 6.07 Å². The number of pyridine rings is 3. The predicted molar refractivity (Wildman–Crippen MR) is 139 cm³/mol. The summed E-state index contributed by atoms with van der Waals surface area (Å²) in [4.78, 5) is 34.4. The van der Waals surface area contributed by atoms with Crippen molar-refractivity contribution in [3.8, 4) is 33.2 Å². The van der Waals surface area contributed by atoms with E-state index in [2.05, 4.69) is 35.5 Å². The number of halogens is 1. The number of imidazole rings is 1. The molecule has 6 aromatic rings. The summed E-state index contributed by atoms with van der Waals surface area (Å²) in [6.45, 7) is 0. The Hall–Kier alpha value is -4.51. The number of carbonyl (C=O) groups is 1. The van der Waals surface area contributed by atoms with Crippen molar-refractivity contribution in [3.05, 3.63) is 60.4 Å². The van der Waals surface area contributed by atoms with Crippen LogP contribution in [0.25, 0.3) is 55.2 Å². The second-order valence-electron chi connectivity index (χ2n) is 9.04. The SMILES string of the molecule is O=C(Nc1cncc(-c2cc3c(-c4nc5c(-c6ccc(F)s6)cncc5[nH]4)n[nH]c3cn2)c1)C1CCC1. The summed E-state index contributed by atoms with van der Waals surface area (Å²) in [6.07, 6.45) is 11.4. The fourth-order valence-corrected chi connectivity index (χ4v) is 5.24. The maximum Gasteiger partial charge on any atom is 0.227 e. The lowest BCUT2D eigenvalue weighted by Gasteiger charge is -2.24. The van der Waals surface area contributed by atoms with Crippen LogP contribution < -0.4 is 5.32 Å². The molecule has 9 nitrogen and oxygen atoms in total. The molecule has 1 aliphatic carbocycles. The van der Waals surface area contributed by atoms with Gasteiger partial charge in [0.25, 0.3) is 0 Å². The van der Waals surface area contributed by atoms with Crippen LogP contribution in [0.3, 0.4) is 0 Å². The van der Waals surface area contributed by atoms with Crippen molar-refractivity contribution in [1.82, 2.24) is 35.1 Å². The normalized spacial score (nSPS) is 13.8. The highest BCUT2D eigenvalue weighted by Crippen LogP contribution is 2.34. The zero-order valence-electron chi connectivity index (χ0n) is 19.3. The third-order valence-electron chi connectivity index (χ3n) is 6.68. The van der Waals surface area contributed by atoms with Crippen LogP contribution in [0.5, 0.6) is 0 Å². The van der Waals surface area contributed by atoms with Gasteiger partial charge < -0.3 is 10.3 Å². The van der Waals surface area contributed by atoms with Gasteiger partial charge in [0.05, 0.1) is 41.0 Å². The first-order valence-electron chi connectivity index (χ1n) is 11.8. The van der Waals surface area contributed by atoms with E-state index < -0.39 is 0 Å². The number of aromatic amines is 2. The average molecular weight is 511 g/mol. The van der Waals surface area contributed by atoms with E-state index >= 15 is 0 Å². The van der Waals surface area contributed by atoms with Crippen LogP contribution in [0.1, 0.15) is 19.3 Å². The van der Waals surface area contributed by atoms with Crippen LogP contribution in [0.4, 0.5) is 10.1 Å². The molecule has 0 atom stereocenters. The van der Waals surface area contributed by atoms with Gasteiger partial charge in [-0.1, -0.05) is 6.42 Å². The Bertz CT molecular complexity index is 1800. The Kier molecular flexibility index (Phi) is 5.03. The number of fused-ring (bicyclic) bond motifs is 2. The molecule has 0 unspecified atom stereocenters. The van der Waals surface area contributed by atoms with Gasteiger partial charge in [-0.2, -0.15) is 9.49 Å². The molecule has 0 aliphatic heterocycles. The monoisotopic (exact) mass is 510 g/mol. The van der Waals surface area contributed by atoms with Gasteiger partial charge in [-0.15, -0.1) is 11.3 Å². The quantitative estimate of drug-likeness (QED) is 0.279. The molecule has 1 amide bonds. The van der Waals surface area contributed by atoms with Gasteiger partial charge in [0.2, 0.25) is 5.91 Å². The molecule has 11 heteroatoms. The fourth-order valence-electron chi connectivity index (χ4n) is 4.50. The Morgan fingerprint density at radius 2 is 1.95 bits per heavy atom. The van der Waals surface area contributed by atoms with Crippen molar-refractivity contribution >= 4 is 44.9 Å². The Morgan fingerprint density at radius 1 is 1.05 bits per heavy atom. The fraction of sp³-hybridized carbons (Fsp3) is 0.154. The van der Waals surface area contributed by atoms with Crippen LogP contribution in [0, 0.1) is 11.0 Å². The summed E-state index contributed by atoms with van der Waals surface area (Å²) < 4.78 is 13.7. The lowest BCUT2D eigenvalue weighted by atomic mass is 9.85. The first kappa shape index (κ1) is 21.7. The Balaban J connectivity index is 1.26. The maximum atomic E-state index is 13.7. The van der Waals surface area contributed by atoms with E-state index in [1.54, 1.807) is 37.1 Å². The maximum absolute atomic E-state index is 13.7. The highest BCUT2D eigenvalue weighted by molar-refractivity contribution is 7.14. The van der Waals surface area contributed by atoms with Crippen molar-refractivity contribution in [2.45, 2.75) is 19.3 Å². The van der Waals surface area contributed by atoms with Gasteiger partial charge in [0.1, 0.15) is 11.2 Å². The first-order chi connectivity index (χ1) is 18.1. The highest BCUT2D eigenvalue weighted by atomic mass is 32.1. The van der Waals surface area contributed by atoms with Crippen molar-refractivity contribution in [3.63, 3.8) is 0 Å². The van der Waals surface area contributed by atoms with E-state index in [0.29, 0.717) is 28.4 Å². The molecule has 0 bridgehead atoms. The van der Waals surface area contributed by atoms with E-state index in [-0.39, 0.29) is 17.0 Å². The number of hydrogen-bond donors (Lipinski definition) is 3. The number of carbonyl (C=O) groups excluding carboxylic acids is 1. The third kappa shape index (κ3) is 3.84. The molecule has 182 valence electrons. The first-order valence-corrected chi connectivity index (χ1v) is 12.6. The van der Waals surface area contributed by atoms with Crippen LogP contribution in [0.15, 0.2) is 55.2 Å². The van der Waals surface area contributed by atoms with E-state index in [0.717, 1.165) is 63.0 Å². The standard InChI is InChI=1S/C26H19FN8OS/c27-22-5-4-21(37-22)17-10-29-11-20-23(17)33-25(32-20)24-16-7-18(30-12-19(16)34-35-24)14-6-15(9-28-8-14)31-26(36)13-2-1-3-13/h4-13H,1-3H2,(H,31,36)(H,32,33)(H,34,35). The third-order valence-corrected chi connectivity index (χ3v) is 7.59. The predicted octanol–water partition coefficient (Wildman–Crippen LogP) is 5.56. The molecule has 0 spiro atoms. The molecule has 1 fully saturated rings. The summed E-state index contributed by atoms with van der Waals surface area (Å²) in [7, 11) is 0. The molecule has 6 heterocycles. The summed E-state index contributed by atoms with van der Waals surface area (Å²) in [5, 5.41) is 11.0. The molecule has 0 radical (unpaired) electrons. The minimum absolute atomic E-state index is 0.0368. The average Bonchev–Trinajstić information content (AvgIpc) is 3.60. The minimum atomic E-state index is -0.262. The number of amides is 1. The summed E-state index contributed by atoms with van der Waals surface area (Å²) in [5.74, 6) is 0.684. The number of nitrogens with one attached hydrogen (secondary N) is 3. The van der Waals surface area contributed by atoms with Crippen molar-refractivity contribution in [2.75, 3.05) is 5.32 Å². The summed E-state index contributed by atoms with van der Waals surface area (Å²) >= 11 is 1.05. The zero-order chi connectivity index (χ0) is 24.9. The molecular formula is C26H19FN8OS. The van der Waals surface area contributed by atoms with Gasteiger partial charge >= 0.3 is 0 Å². The molecule has 37 heavy (non-hydrogen) atoms. The number of rotatable bonds is 5. The van der Waals surface area contributed by atoms with Crippen LogP contribution in [-0.2, 0) is 4.79 Å². The van der Waals surface area contributed by atoms with Crippen LogP contribution in [-0.4, -0.2) is 41.0 Å². The molecule has 7 rings (SSSR count). The minimum Gasteiger partial charge on any atom is -0.335 e. The molecule has 0 aromatic carbocycles. The summed E-state index contributed by atoms with van der Waals surface area (Å²) in [5.41, 5.74) is 5.66. The highest BCUT2D eigenvalue weighted by Gasteiger charge is 2.25. The number of aromatic nitrogens is 7. The van der Waals surface area contributed by atoms with Crippen LogP contribution >= 0.6 is 11.3 Å². The molecular weight excluding hydrogens is 491 g/mol. The Morgan fingerprint density at radius 3 is 2.76 bits per heavy atom.